The second-order valence-electron chi connectivity index (χ2n) is 7.11. The SMILES string of the molecule is CCOc1ccccc1C(CC(=O)N1C2CCNCC1CC2)NC(C)=O. The molecule has 6 heteroatoms. The Morgan fingerprint density at radius 3 is 2.81 bits per heavy atom. The molecule has 3 atom stereocenters. The standard InChI is InChI=1S/C20H29N3O3/c1-3-26-19-7-5-4-6-17(19)18(22-14(2)24)12-20(25)23-15-8-9-16(23)13-21-11-10-15/h4-7,15-16,18,21H,3,8-13H2,1-2H3,(H,22,24). The number of fused-ring (bicyclic) bond motifs is 2. The Labute approximate surface area is 155 Å². The highest BCUT2D eigenvalue weighted by Gasteiger charge is 2.38. The molecule has 1 aromatic rings. The summed E-state index contributed by atoms with van der Waals surface area (Å²) in [5.74, 6) is 0.697. The van der Waals surface area contributed by atoms with E-state index in [0.717, 1.165) is 43.7 Å². The zero-order valence-corrected chi connectivity index (χ0v) is 15.7. The van der Waals surface area contributed by atoms with Crippen LogP contribution >= 0.6 is 0 Å². The van der Waals surface area contributed by atoms with Crippen LogP contribution in [0.1, 0.15) is 51.1 Å². The van der Waals surface area contributed by atoms with Crippen molar-refractivity contribution in [2.45, 2.75) is 57.7 Å². The molecule has 0 aliphatic carbocycles. The number of benzene rings is 1. The van der Waals surface area contributed by atoms with E-state index in [0.29, 0.717) is 12.6 Å². The Morgan fingerprint density at radius 1 is 1.27 bits per heavy atom. The predicted octanol–water partition coefficient (Wildman–Crippen LogP) is 2.01. The van der Waals surface area contributed by atoms with Crippen molar-refractivity contribution < 1.29 is 14.3 Å². The van der Waals surface area contributed by atoms with E-state index in [1.165, 1.54) is 6.92 Å². The number of carbonyl (C=O) groups is 2. The molecule has 2 bridgehead atoms. The molecule has 2 amide bonds. The number of rotatable bonds is 6. The van der Waals surface area contributed by atoms with Gasteiger partial charge in [-0.05, 0) is 38.8 Å². The van der Waals surface area contributed by atoms with Gasteiger partial charge in [0.05, 0.1) is 19.1 Å². The Bertz CT molecular complexity index is 635. The van der Waals surface area contributed by atoms with E-state index in [-0.39, 0.29) is 30.3 Å². The van der Waals surface area contributed by atoms with Gasteiger partial charge in [-0.1, -0.05) is 18.2 Å². The Kier molecular flexibility index (Phi) is 6.14. The monoisotopic (exact) mass is 359 g/mol. The minimum Gasteiger partial charge on any atom is -0.494 e. The molecular weight excluding hydrogens is 330 g/mol. The Balaban J connectivity index is 1.80. The lowest BCUT2D eigenvalue weighted by Crippen LogP contribution is -2.44. The lowest BCUT2D eigenvalue weighted by molar-refractivity contribution is -0.134. The van der Waals surface area contributed by atoms with Crippen LogP contribution in [0.2, 0.25) is 0 Å². The van der Waals surface area contributed by atoms with Crippen LogP contribution in [0.3, 0.4) is 0 Å². The van der Waals surface area contributed by atoms with Gasteiger partial charge in [-0.25, -0.2) is 0 Å². The van der Waals surface area contributed by atoms with E-state index >= 15 is 0 Å². The van der Waals surface area contributed by atoms with Gasteiger partial charge >= 0.3 is 0 Å². The zero-order chi connectivity index (χ0) is 18.5. The van der Waals surface area contributed by atoms with Crippen LogP contribution in [0.4, 0.5) is 0 Å². The molecule has 3 rings (SSSR count). The molecule has 1 aromatic carbocycles. The molecule has 2 N–H and O–H groups in total. The molecule has 0 saturated carbocycles. The summed E-state index contributed by atoms with van der Waals surface area (Å²) in [5, 5.41) is 6.37. The third kappa shape index (κ3) is 4.18. The van der Waals surface area contributed by atoms with E-state index in [1.54, 1.807) is 0 Å². The van der Waals surface area contributed by atoms with Gasteiger partial charge in [0.25, 0.3) is 0 Å². The Hall–Kier alpha value is -2.08. The summed E-state index contributed by atoms with van der Waals surface area (Å²) in [5.41, 5.74) is 0.859. The quantitative estimate of drug-likeness (QED) is 0.815. The van der Waals surface area contributed by atoms with Gasteiger partial charge in [0.15, 0.2) is 0 Å². The van der Waals surface area contributed by atoms with Crippen molar-refractivity contribution in [3.8, 4) is 5.75 Å². The predicted molar refractivity (Wildman–Crippen MR) is 99.9 cm³/mol. The van der Waals surface area contributed by atoms with Crippen LogP contribution < -0.4 is 15.4 Å². The smallest absolute Gasteiger partial charge is 0.225 e. The van der Waals surface area contributed by atoms with Crippen LogP contribution in [0.15, 0.2) is 24.3 Å². The Morgan fingerprint density at radius 2 is 2.04 bits per heavy atom. The summed E-state index contributed by atoms with van der Waals surface area (Å²) in [6, 6.07) is 7.85. The second-order valence-corrected chi connectivity index (χ2v) is 7.11. The number of nitrogens with one attached hydrogen (secondary N) is 2. The van der Waals surface area contributed by atoms with Crippen molar-refractivity contribution in [1.29, 1.82) is 0 Å². The topological polar surface area (TPSA) is 70.7 Å². The van der Waals surface area contributed by atoms with E-state index in [4.69, 9.17) is 4.74 Å². The molecule has 2 saturated heterocycles. The van der Waals surface area contributed by atoms with Crippen molar-refractivity contribution in [1.82, 2.24) is 15.5 Å². The zero-order valence-electron chi connectivity index (χ0n) is 15.7. The molecule has 2 fully saturated rings. The maximum Gasteiger partial charge on any atom is 0.225 e. The van der Waals surface area contributed by atoms with E-state index < -0.39 is 0 Å². The maximum absolute atomic E-state index is 13.2. The minimum absolute atomic E-state index is 0.117. The average molecular weight is 359 g/mol. The van der Waals surface area contributed by atoms with Gasteiger partial charge in [-0.2, -0.15) is 0 Å². The van der Waals surface area contributed by atoms with Crippen LogP contribution in [-0.2, 0) is 9.59 Å². The van der Waals surface area contributed by atoms with Gasteiger partial charge < -0.3 is 20.3 Å². The fourth-order valence-electron chi connectivity index (χ4n) is 4.21. The highest BCUT2D eigenvalue weighted by Crippen LogP contribution is 2.32. The first-order chi connectivity index (χ1) is 12.6. The maximum atomic E-state index is 13.2. The van der Waals surface area contributed by atoms with Gasteiger partial charge in [-0.15, -0.1) is 0 Å². The molecule has 3 unspecified atom stereocenters. The molecule has 6 nitrogen and oxygen atoms in total. The summed E-state index contributed by atoms with van der Waals surface area (Å²) in [4.78, 5) is 27.0. The van der Waals surface area contributed by atoms with E-state index in [9.17, 15) is 9.59 Å². The van der Waals surface area contributed by atoms with Crippen LogP contribution in [0.25, 0.3) is 0 Å². The molecule has 2 aliphatic heterocycles. The summed E-state index contributed by atoms with van der Waals surface area (Å²) in [6.45, 7) is 5.78. The summed E-state index contributed by atoms with van der Waals surface area (Å²) >= 11 is 0. The number of amides is 2. The summed E-state index contributed by atoms with van der Waals surface area (Å²) < 4.78 is 5.71. The first-order valence-corrected chi connectivity index (χ1v) is 9.60. The van der Waals surface area contributed by atoms with Crippen molar-refractivity contribution in [2.24, 2.45) is 0 Å². The lowest BCUT2D eigenvalue weighted by Gasteiger charge is -2.30. The largest absolute Gasteiger partial charge is 0.494 e. The fourth-order valence-corrected chi connectivity index (χ4v) is 4.21. The van der Waals surface area contributed by atoms with Gasteiger partial charge in [0.1, 0.15) is 5.75 Å². The number of para-hydroxylation sites is 1. The van der Waals surface area contributed by atoms with Crippen molar-refractivity contribution in [2.75, 3.05) is 19.7 Å². The van der Waals surface area contributed by atoms with Crippen LogP contribution in [-0.4, -0.2) is 48.5 Å². The first kappa shape index (κ1) is 18.7. The number of nitrogens with zero attached hydrogens (tertiary/aromatic N) is 1. The fraction of sp³-hybridized carbons (Fsp3) is 0.600. The van der Waals surface area contributed by atoms with Gasteiger partial charge in [0, 0.05) is 31.1 Å². The third-order valence-electron chi connectivity index (χ3n) is 5.29. The van der Waals surface area contributed by atoms with Gasteiger partial charge in [0.2, 0.25) is 11.8 Å². The summed E-state index contributed by atoms with van der Waals surface area (Å²) in [7, 11) is 0. The molecule has 142 valence electrons. The van der Waals surface area contributed by atoms with Crippen LogP contribution in [0.5, 0.6) is 5.75 Å². The molecule has 26 heavy (non-hydrogen) atoms. The second kappa shape index (κ2) is 8.54. The minimum atomic E-state index is -0.377. The number of hydrogen-bond acceptors (Lipinski definition) is 4. The number of ether oxygens (including phenoxy) is 1. The first-order valence-electron chi connectivity index (χ1n) is 9.60. The molecule has 2 heterocycles. The van der Waals surface area contributed by atoms with E-state index in [1.807, 2.05) is 31.2 Å². The lowest BCUT2D eigenvalue weighted by atomic mass is 10.0. The van der Waals surface area contributed by atoms with Crippen molar-refractivity contribution in [3.63, 3.8) is 0 Å². The molecule has 0 aromatic heterocycles. The van der Waals surface area contributed by atoms with Crippen LogP contribution in [0, 0.1) is 0 Å². The summed E-state index contributed by atoms with van der Waals surface area (Å²) in [6.07, 6.45) is 3.40. The highest BCUT2D eigenvalue weighted by atomic mass is 16.5. The normalized spacial score (nSPS) is 23.2. The van der Waals surface area contributed by atoms with E-state index in [2.05, 4.69) is 15.5 Å². The molecule has 2 aliphatic rings. The van der Waals surface area contributed by atoms with Crippen molar-refractivity contribution in [3.05, 3.63) is 29.8 Å². The molecule has 0 radical (unpaired) electrons. The van der Waals surface area contributed by atoms with Crippen molar-refractivity contribution >= 4 is 11.8 Å². The van der Waals surface area contributed by atoms with Gasteiger partial charge in [-0.3, -0.25) is 9.59 Å². The molecular formula is C20H29N3O3. The average Bonchev–Trinajstić information content (AvgIpc) is 2.87. The highest BCUT2D eigenvalue weighted by molar-refractivity contribution is 5.80. The third-order valence-corrected chi connectivity index (χ3v) is 5.29. The number of hydrogen-bond donors (Lipinski definition) is 2. The number of carbonyl (C=O) groups excluding carboxylic acids is 2. The molecule has 0 spiro atoms.